The molecule has 0 unspecified atom stereocenters. The molecule has 0 bridgehead atoms. The summed E-state index contributed by atoms with van der Waals surface area (Å²) >= 11 is 6.15. The van der Waals surface area contributed by atoms with Crippen LogP contribution in [0.25, 0.3) is 0 Å². The number of piperazine rings is 1. The molecule has 19 heavy (non-hydrogen) atoms. The number of hydrogen-bond donors (Lipinski definition) is 1. The summed E-state index contributed by atoms with van der Waals surface area (Å²) in [6, 6.07) is 5.91. The van der Waals surface area contributed by atoms with Crippen LogP contribution in [0.15, 0.2) is 18.2 Å². The number of anilines is 1. The summed E-state index contributed by atoms with van der Waals surface area (Å²) in [7, 11) is 0. The Morgan fingerprint density at radius 2 is 1.79 bits per heavy atom. The molecule has 0 amide bonds. The molecule has 1 aliphatic rings. The van der Waals surface area contributed by atoms with Gasteiger partial charge in [-0.25, -0.2) is 0 Å². The highest BCUT2D eigenvalue weighted by Gasteiger charge is 2.25. The third-order valence-electron chi connectivity index (χ3n) is 3.80. The van der Waals surface area contributed by atoms with Crippen molar-refractivity contribution in [3.8, 4) is 0 Å². The number of aliphatic hydroxyl groups is 1. The van der Waals surface area contributed by atoms with Gasteiger partial charge in [0.15, 0.2) is 0 Å². The molecule has 0 aromatic heterocycles. The zero-order valence-corrected chi connectivity index (χ0v) is 12.7. The predicted molar refractivity (Wildman–Crippen MR) is 80.9 cm³/mol. The second-order valence-corrected chi connectivity index (χ2v) is 6.49. The summed E-state index contributed by atoms with van der Waals surface area (Å²) in [5, 5.41) is 9.79. The lowest BCUT2D eigenvalue weighted by Gasteiger charge is -2.43. The van der Waals surface area contributed by atoms with Crippen LogP contribution in [0.2, 0.25) is 5.02 Å². The Morgan fingerprint density at radius 3 is 2.26 bits per heavy atom. The van der Waals surface area contributed by atoms with Crippen LogP contribution in [-0.2, 0) is 6.61 Å². The van der Waals surface area contributed by atoms with Gasteiger partial charge in [-0.15, -0.1) is 0 Å². The largest absolute Gasteiger partial charge is 0.392 e. The summed E-state index contributed by atoms with van der Waals surface area (Å²) < 4.78 is 0. The SMILES string of the molecule is CC(C)(C)N1CCN(c2ccc(CO)c(Cl)c2)CC1. The van der Waals surface area contributed by atoms with Gasteiger partial charge in [-0.3, -0.25) is 4.90 Å². The van der Waals surface area contributed by atoms with Crippen molar-refractivity contribution in [3.05, 3.63) is 28.8 Å². The second kappa shape index (κ2) is 5.70. The number of benzene rings is 1. The maximum absolute atomic E-state index is 9.14. The molecule has 0 aliphatic carbocycles. The van der Waals surface area contributed by atoms with Gasteiger partial charge in [0.2, 0.25) is 0 Å². The van der Waals surface area contributed by atoms with Crippen molar-refractivity contribution in [1.82, 2.24) is 4.90 Å². The quantitative estimate of drug-likeness (QED) is 0.904. The van der Waals surface area contributed by atoms with Crippen LogP contribution < -0.4 is 4.90 Å². The van der Waals surface area contributed by atoms with Crippen LogP contribution in [0.1, 0.15) is 26.3 Å². The van der Waals surface area contributed by atoms with Crippen molar-refractivity contribution in [2.75, 3.05) is 31.1 Å². The maximum atomic E-state index is 9.14. The van der Waals surface area contributed by atoms with E-state index in [0.29, 0.717) is 5.02 Å². The number of rotatable bonds is 2. The molecule has 106 valence electrons. The molecule has 1 heterocycles. The fraction of sp³-hybridized carbons (Fsp3) is 0.600. The Labute approximate surface area is 120 Å². The van der Waals surface area contributed by atoms with Crippen molar-refractivity contribution in [2.45, 2.75) is 32.9 Å². The van der Waals surface area contributed by atoms with E-state index in [9.17, 15) is 0 Å². The Kier molecular flexibility index (Phi) is 4.39. The van der Waals surface area contributed by atoms with Crippen LogP contribution >= 0.6 is 11.6 Å². The first-order valence-corrected chi connectivity index (χ1v) is 7.19. The highest BCUT2D eigenvalue weighted by atomic mass is 35.5. The number of hydrogen-bond acceptors (Lipinski definition) is 3. The monoisotopic (exact) mass is 282 g/mol. The minimum Gasteiger partial charge on any atom is -0.392 e. The molecule has 0 radical (unpaired) electrons. The highest BCUT2D eigenvalue weighted by molar-refractivity contribution is 6.31. The zero-order valence-electron chi connectivity index (χ0n) is 12.0. The predicted octanol–water partition coefficient (Wildman–Crippen LogP) is 2.75. The van der Waals surface area contributed by atoms with Gasteiger partial charge in [-0.1, -0.05) is 17.7 Å². The number of aliphatic hydroxyl groups excluding tert-OH is 1. The first-order chi connectivity index (χ1) is 8.91. The number of halogens is 1. The lowest BCUT2D eigenvalue weighted by molar-refractivity contribution is 0.128. The molecule has 1 N–H and O–H groups in total. The topological polar surface area (TPSA) is 26.7 Å². The lowest BCUT2D eigenvalue weighted by atomic mass is 10.0. The van der Waals surface area contributed by atoms with Gasteiger partial charge in [0.05, 0.1) is 6.61 Å². The average molecular weight is 283 g/mol. The Hall–Kier alpha value is -0.770. The minimum atomic E-state index is -0.00306. The molecular formula is C15H23ClN2O. The first kappa shape index (κ1) is 14.6. The van der Waals surface area contributed by atoms with Crippen LogP contribution in [0.3, 0.4) is 0 Å². The zero-order chi connectivity index (χ0) is 14.0. The lowest BCUT2D eigenvalue weighted by Crippen LogP contribution is -2.53. The minimum absolute atomic E-state index is 0.00306. The van der Waals surface area contributed by atoms with Gasteiger partial charge >= 0.3 is 0 Å². The number of nitrogens with zero attached hydrogens (tertiary/aromatic N) is 2. The van der Waals surface area contributed by atoms with Crippen molar-refractivity contribution in [1.29, 1.82) is 0 Å². The van der Waals surface area contributed by atoms with Crippen LogP contribution in [-0.4, -0.2) is 41.7 Å². The standard InChI is InChI=1S/C15H23ClN2O/c1-15(2,3)18-8-6-17(7-9-18)13-5-4-12(11-19)14(16)10-13/h4-5,10,19H,6-9,11H2,1-3H3. The fourth-order valence-corrected chi connectivity index (χ4v) is 2.73. The van der Waals surface area contributed by atoms with E-state index in [2.05, 4.69) is 30.6 Å². The van der Waals surface area contributed by atoms with Crippen LogP contribution in [0.4, 0.5) is 5.69 Å². The normalized spacial score (nSPS) is 17.8. The first-order valence-electron chi connectivity index (χ1n) is 6.81. The summed E-state index contributed by atoms with van der Waals surface area (Å²) in [4.78, 5) is 4.86. The Balaban J connectivity index is 2.04. The van der Waals surface area contributed by atoms with E-state index >= 15 is 0 Å². The van der Waals surface area contributed by atoms with E-state index in [0.717, 1.165) is 37.4 Å². The van der Waals surface area contributed by atoms with Gasteiger partial charge in [-0.05, 0) is 38.5 Å². The van der Waals surface area contributed by atoms with Gasteiger partial charge in [0, 0.05) is 42.4 Å². The molecule has 0 saturated carbocycles. The van der Waals surface area contributed by atoms with E-state index in [4.69, 9.17) is 16.7 Å². The smallest absolute Gasteiger partial charge is 0.0696 e. The van der Waals surface area contributed by atoms with Crippen molar-refractivity contribution in [3.63, 3.8) is 0 Å². The van der Waals surface area contributed by atoms with E-state index < -0.39 is 0 Å². The molecule has 1 aromatic carbocycles. The highest BCUT2D eigenvalue weighted by Crippen LogP contribution is 2.26. The third kappa shape index (κ3) is 3.41. The Morgan fingerprint density at radius 1 is 1.16 bits per heavy atom. The molecule has 0 atom stereocenters. The maximum Gasteiger partial charge on any atom is 0.0696 e. The van der Waals surface area contributed by atoms with Crippen molar-refractivity contribution in [2.24, 2.45) is 0 Å². The second-order valence-electron chi connectivity index (χ2n) is 6.08. The molecule has 0 spiro atoms. The van der Waals surface area contributed by atoms with Gasteiger partial charge in [0.1, 0.15) is 0 Å². The van der Waals surface area contributed by atoms with Crippen molar-refractivity contribution >= 4 is 17.3 Å². The fourth-order valence-electron chi connectivity index (χ4n) is 2.50. The molecule has 1 fully saturated rings. The van der Waals surface area contributed by atoms with E-state index in [-0.39, 0.29) is 12.1 Å². The van der Waals surface area contributed by atoms with Gasteiger partial charge in [0.25, 0.3) is 0 Å². The molecular weight excluding hydrogens is 260 g/mol. The van der Waals surface area contributed by atoms with Crippen molar-refractivity contribution < 1.29 is 5.11 Å². The molecule has 3 nitrogen and oxygen atoms in total. The van der Waals surface area contributed by atoms with E-state index in [1.54, 1.807) is 0 Å². The summed E-state index contributed by atoms with van der Waals surface area (Å²) in [5.74, 6) is 0. The molecule has 1 aliphatic heterocycles. The summed E-state index contributed by atoms with van der Waals surface area (Å²) in [6.45, 7) is 11.0. The average Bonchev–Trinajstić information content (AvgIpc) is 2.38. The van der Waals surface area contributed by atoms with Gasteiger partial charge < -0.3 is 10.0 Å². The van der Waals surface area contributed by atoms with Gasteiger partial charge in [-0.2, -0.15) is 0 Å². The Bertz CT molecular complexity index is 434. The van der Waals surface area contributed by atoms with Crippen LogP contribution in [0, 0.1) is 0 Å². The molecule has 1 aromatic rings. The van der Waals surface area contributed by atoms with Crippen LogP contribution in [0.5, 0.6) is 0 Å². The summed E-state index contributed by atoms with van der Waals surface area (Å²) in [5.41, 5.74) is 2.18. The van der Waals surface area contributed by atoms with E-state index in [1.165, 1.54) is 0 Å². The molecule has 4 heteroatoms. The van der Waals surface area contributed by atoms with E-state index in [1.807, 2.05) is 18.2 Å². The summed E-state index contributed by atoms with van der Waals surface area (Å²) in [6.07, 6.45) is 0. The molecule has 2 rings (SSSR count). The third-order valence-corrected chi connectivity index (χ3v) is 4.15. The molecule has 1 saturated heterocycles.